The van der Waals surface area contributed by atoms with Gasteiger partial charge in [0.15, 0.2) is 0 Å². The predicted molar refractivity (Wildman–Crippen MR) is 96.9 cm³/mol. The first-order valence-electron chi connectivity index (χ1n) is 9.34. The van der Waals surface area contributed by atoms with Gasteiger partial charge in [0.1, 0.15) is 0 Å². The molecule has 2 atom stereocenters. The van der Waals surface area contributed by atoms with Gasteiger partial charge in [0.2, 0.25) is 0 Å². The van der Waals surface area contributed by atoms with E-state index in [0.29, 0.717) is 31.2 Å². The van der Waals surface area contributed by atoms with Crippen LogP contribution in [-0.4, -0.2) is 47.7 Å². The number of hydrogen-bond donors (Lipinski definition) is 1. The summed E-state index contributed by atoms with van der Waals surface area (Å²) >= 11 is 0. The van der Waals surface area contributed by atoms with E-state index in [4.69, 9.17) is 9.47 Å². The van der Waals surface area contributed by atoms with Gasteiger partial charge >= 0.3 is 0 Å². The summed E-state index contributed by atoms with van der Waals surface area (Å²) in [5, 5.41) is 7.37. The van der Waals surface area contributed by atoms with Gasteiger partial charge in [-0.25, -0.2) is 0 Å². The fraction of sp³-hybridized carbons (Fsp3) is 0.500. The van der Waals surface area contributed by atoms with Crippen LogP contribution in [-0.2, 0) is 16.0 Å². The smallest absolute Gasteiger partial charge is 0.254 e. The predicted octanol–water partition coefficient (Wildman–Crippen LogP) is 2.25. The van der Waals surface area contributed by atoms with Crippen molar-refractivity contribution in [3.8, 4) is 0 Å². The molecule has 1 aromatic heterocycles. The lowest BCUT2D eigenvalue weighted by Crippen LogP contribution is -2.50. The molecule has 1 saturated heterocycles. The van der Waals surface area contributed by atoms with Crippen LogP contribution in [0.25, 0.3) is 0 Å². The molecule has 0 spiro atoms. The number of nitrogens with one attached hydrogen (secondary N) is 1. The molecule has 1 aliphatic carbocycles. The molecule has 1 saturated carbocycles. The Labute approximate surface area is 153 Å². The fourth-order valence-electron chi connectivity index (χ4n) is 3.19. The Morgan fingerprint density at radius 1 is 1.27 bits per heavy atom. The second kappa shape index (κ2) is 8.01. The number of carbonyl (C=O) groups excluding carboxylic acids is 1. The molecule has 2 fully saturated rings. The SMILES string of the molecule is O=C(N[C@@H]1COCC[C@@H]1OCC1CC1)c1cnn(Cc2ccccc2)c1. The van der Waals surface area contributed by atoms with Crippen LogP contribution in [0.1, 0.15) is 35.2 Å². The van der Waals surface area contributed by atoms with E-state index in [1.54, 1.807) is 17.1 Å². The first-order valence-corrected chi connectivity index (χ1v) is 9.34. The molecule has 0 radical (unpaired) electrons. The third-order valence-corrected chi connectivity index (χ3v) is 4.94. The van der Waals surface area contributed by atoms with Gasteiger partial charge in [-0.2, -0.15) is 5.10 Å². The molecule has 26 heavy (non-hydrogen) atoms. The number of nitrogens with zero attached hydrogens (tertiary/aromatic N) is 2. The maximum absolute atomic E-state index is 12.6. The molecule has 0 bridgehead atoms. The lowest BCUT2D eigenvalue weighted by atomic mass is 10.1. The van der Waals surface area contributed by atoms with Crippen LogP contribution in [0.2, 0.25) is 0 Å². The van der Waals surface area contributed by atoms with Gasteiger partial charge in [-0.15, -0.1) is 0 Å². The molecule has 1 aromatic carbocycles. The van der Waals surface area contributed by atoms with E-state index >= 15 is 0 Å². The van der Waals surface area contributed by atoms with E-state index in [-0.39, 0.29) is 18.1 Å². The van der Waals surface area contributed by atoms with Gasteiger partial charge in [0.25, 0.3) is 5.91 Å². The molecule has 138 valence electrons. The first kappa shape index (κ1) is 17.2. The Morgan fingerprint density at radius 2 is 2.12 bits per heavy atom. The standard InChI is InChI=1S/C20H25N3O3/c24-20(17-10-21-23(12-17)11-15-4-2-1-3-5-15)22-18-14-25-9-8-19(18)26-13-16-6-7-16/h1-5,10,12,16,18-19H,6-9,11,13-14H2,(H,22,24)/t18-,19+/m1/s1. The highest BCUT2D eigenvalue weighted by molar-refractivity contribution is 5.93. The topological polar surface area (TPSA) is 65.4 Å². The Morgan fingerprint density at radius 3 is 2.92 bits per heavy atom. The molecule has 4 rings (SSSR count). The van der Waals surface area contributed by atoms with E-state index in [1.807, 2.05) is 30.3 Å². The summed E-state index contributed by atoms with van der Waals surface area (Å²) in [5.74, 6) is 0.588. The van der Waals surface area contributed by atoms with Gasteiger partial charge in [0.05, 0.1) is 37.1 Å². The molecule has 0 unspecified atom stereocenters. The summed E-state index contributed by atoms with van der Waals surface area (Å²) < 4.78 is 13.3. The average molecular weight is 355 g/mol. The van der Waals surface area contributed by atoms with E-state index in [0.717, 1.165) is 18.6 Å². The van der Waals surface area contributed by atoms with Crippen LogP contribution in [0.4, 0.5) is 0 Å². The van der Waals surface area contributed by atoms with Gasteiger partial charge in [-0.3, -0.25) is 9.48 Å². The van der Waals surface area contributed by atoms with Crippen molar-refractivity contribution < 1.29 is 14.3 Å². The van der Waals surface area contributed by atoms with Crippen molar-refractivity contribution in [2.45, 2.75) is 38.0 Å². The van der Waals surface area contributed by atoms with Crippen LogP contribution in [0.5, 0.6) is 0 Å². The number of rotatable bonds is 7. The van der Waals surface area contributed by atoms with Crippen molar-refractivity contribution in [3.05, 3.63) is 53.9 Å². The Kier molecular flexibility index (Phi) is 5.32. The van der Waals surface area contributed by atoms with Crippen LogP contribution in [0.3, 0.4) is 0 Å². The lowest BCUT2D eigenvalue weighted by Gasteiger charge is -2.32. The van der Waals surface area contributed by atoms with Crippen molar-refractivity contribution in [1.82, 2.24) is 15.1 Å². The fourth-order valence-corrected chi connectivity index (χ4v) is 3.19. The normalized spacial score (nSPS) is 22.9. The van der Waals surface area contributed by atoms with E-state index < -0.39 is 0 Å². The number of ether oxygens (including phenoxy) is 2. The highest BCUT2D eigenvalue weighted by Crippen LogP contribution is 2.30. The Bertz CT molecular complexity index is 727. The van der Waals surface area contributed by atoms with Crippen molar-refractivity contribution in [3.63, 3.8) is 0 Å². The maximum Gasteiger partial charge on any atom is 0.254 e. The third-order valence-electron chi connectivity index (χ3n) is 4.94. The zero-order valence-corrected chi connectivity index (χ0v) is 14.8. The second-order valence-corrected chi connectivity index (χ2v) is 7.17. The van der Waals surface area contributed by atoms with Crippen molar-refractivity contribution in [1.29, 1.82) is 0 Å². The zero-order chi connectivity index (χ0) is 17.8. The molecule has 1 aliphatic heterocycles. The number of amides is 1. The minimum atomic E-state index is -0.125. The summed E-state index contributed by atoms with van der Waals surface area (Å²) in [6.07, 6.45) is 6.79. The molecular weight excluding hydrogens is 330 g/mol. The highest BCUT2D eigenvalue weighted by atomic mass is 16.5. The molecule has 6 nitrogen and oxygen atoms in total. The molecule has 2 aromatic rings. The molecule has 1 N–H and O–H groups in total. The highest BCUT2D eigenvalue weighted by Gasteiger charge is 2.31. The first-order chi connectivity index (χ1) is 12.8. The van der Waals surface area contributed by atoms with Crippen LogP contribution >= 0.6 is 0 Å². The number of benzene rings is 1. The van der Waals surface area contributed by atoms with Gasteiger partial charge < -0.3 is 14.8 Å². The molecule has 2 heterocycles. The minimum Gasteiger partial charge on any atom is -0.379 e. The van der Waals surface area contributed by atoms with Gasteiger partial charge in [-0.05, 0) is 30.7 Å². The quantitative estimate of drug-likeness (QED) is 0.827. The summed E-state index contributed by atoms with van der Waals surface area (Å²) in [6, 6.07) is 9.96. The Balaban J connectivity index is 1.34. The number of carbonyl (C=O) groups is 1. The van der Waals surface area contributed by atoms with Crippen LogP contribution < -0.4 is 5.32 Å². The van der Waals surface area contributed by atoms with Crippen molar-refractivity contribution in [2.24, 2.45) is 5.92 Å². The zero-order valence-electron chi connectivity index (χ0n) is 14.8. The maximum atomic E-state index is 12.6. The largest absolute Gasteiger partial charge is 0.379 e. The summed E-state index contributed by atoms with van der Waals surface area (Å²) in [4.78, 5) is 12.6. The molecule has 1 amide bonds. The van der Waals surface area contributed by atoms with E-state index in [1.165, 1.54) is 12.8 Å². The Hall–Kier alpha value is -2.18. The third kappa shape index (κ3) is 4.51. The second-order valence-electron chi connectivity index (χ2n) is 7.17. The summed E-state index contributed by atoms with van der Waals surface area (Å²) in [7, 11) is 0. The van der Waals surface area contributed by atoms with E-state index in [9.17, 15) is 4.79 Å². The van der Waals surface area contributed by atoms with Crippen molar-refractivity contribution in [2.75, 3.05) is 19.8 Å². The van der Waals surface area contributed by atoms with E-state index in [2.05, 4.69) is 10.4 Å². The van der Waals surface area contributed by atoms with Crippen LogP contribution in [0.15, 0.2) is 42.7 Å². The van der Waals surface area contributed by atoms with Crippen molar-refractivity contribution >= 4 is 5.91 Å². The monoisotopic (exact) mass is 355 g/mol. The number of aromatic nitrogens is 2. The average Bonchev–Trinajstić information content (AvgIpc) is 3.38. The summed E-state index contributed by atoms with van der Waals surface area (Å²) in [5.41, 5.74) is 1.71. The molecule has 2 aliphatic rings. The molecule has 6 heteroatoms. The summed E-state index contributed by atoms with van der Waals surface area (Å²) in [6.45, 7) is 2.63. The number of hydrogen-bond acceptors (Lipinski definition) is 4. The molecular formula is C20H25N3O3. The minimum absolute atomic E-state index is 0.0349. The van der Waals surface area contributed by atoms with Gasteiger partial charge in [0, 0.05) is 19.4 Å². The lowest BCUT2D eigenvalue weighted by molar-refractivity contribution is -0.0567. The van der Waals surface area contributed by atoms with Crippen LogP contribution in [0, 0.1) is 5.92 Å². The van der Waals surface area contributed by atoms with Gasteiger partial charge in [-0.1, -0.05) is 30.3 Å².